The quantitative estimate of drug-likeness (QED) is 0.0320. The maximum Gasteiger partial charge on any atom is 0.305 e. The van der Waals surface area contributed by atoms with Crippen molar-refractivity contribution in [3.05, 3.63) is 24.3 Å². The number of aliphatic hydroxyl groups excluding tert-OH is 2. The van der Waals surface area contributed by atoms with E-state index in [1.54, 1.807) is 0 Å². The molecule has 3 N–H and O–H groups in total. The molecule has 0 fully saturated rings. The van der Waals surface area contributed by atoms with Crippen molar-refractivity contribution >= 4 is 11.9 Å². The average molecular weight is 1040 g/mol. The van der Waals surface area contributed by atoms with Gasteiger partial charge in [0.1, 0.15) is 0 Å². The van der Waals surface area contributed by atoms with E-state index < -0.39 is 12.1 Å². The van der Waals surface area contributed by atoms with Crippen LogP contribution >= 0.6 is 0 Å². The first-order chi connectivity index (χ1) is 36.5. The number of rotatable bonds is 63. The largest absolute Gasteiger partial charge is 0.466 e. The Kier molecular flexibility index (Phi) is 62.4. The number of carbonyl (C=O) groups is 2. The highest BCUT2D eigenvalue weighted by atomic mass is 16.5. The summed E-state index contributed by atoms with van der Waals surface area (Å²) in [6, 6.07) is -0.542. The molecule has 0 spiro atoms. The van der Waals surface area contributed by atoms with Gasteiger partial charge in [0.05, 0.1) is 25.4 Å². The Hall–Kier alpha value is -1.66. The molecular weight excluding hydrogens is 911 g/mol. The van der Waals surface area contributed by atoms with Gasteiger partial charge in [0.25, 0.3) is 0 Å². The van der Waals surface area contributed by atoms with Crippen molar-refractivity contribution in [2.24, 2.45) is 0 Å². The summed E-state index contributed by atoms with van der Waals surface area (Å²) in [6.07, 6.45) is 79.1. The Morgan fingerprint density at radius 3 is 1.04 bits per heavy atom. The van der Waals surface area contributed by atoms with Gasteiger partial charge >= 0.3 is 5.97 Å². The molecule has 1 amide bonds. The van der Waals surface area contributed by atoms with Crippen LogP contribution in [0.3, 0.4) is 0 Å². The lowest BCUT2D eigenvalue weighted by molar-refractivity contribution is -0.143. The number of amides is 1. The molecule has 0 aromatic carbocycles. The summed E-state index contributed by atoms with van der Waals surface area (Å²) in [4.78, 5) is 24.6. The first-order valence-electron chi connectivity index (χ1n) is 33.6. The van der Waals surface area contributed by atoms with Gasteiger partial charge in [-0.2, -0.15) is 0 Å². The molecule has 0 bridgehead atoms. The molecule has 2 unspecified atom stereocenters. The summed E-state index contributed by atoms with van der Waals surface area (Å²) in [5.41, 5.74) is 0. The SMILES string of the molecule is CCCCCC/C=C\C/C=C\CCCCCCCCCC(=O)OCCCCCCCCCCCCCCCCCCCCCCCCC(=O)NC(CO)C(O)CCCCCCCCCCCCCCCCCCC. The third-order valence-electron chi connectivity index (χ3n) is 15.8. The number of aliphatic hydroxyl groups is 2. The fourth-order valence-electron chi connectivity index (χ4n) is 10.6. The topological polar surface area (TPSA) is 95.9 Å². The van der Waals surface area contributed by atoms with Crippen molar-refractivity contribution in [3.8, 4) is 0 Å². The highest BCUT2D eigenvalue weighted by Gasteiger charge is 2.20. The van der Waals surface area contributed by atoms with Crippen LogP contribution in [0.2, 0.25) is 0 Å². The van der Waals surface area contributed by atoms with Gasteiger partial charge in [-0.25, -0.2) is 0 Å². The summed E-state index contributed by atoms with van der Waals surface area (Å²) < 4.78 is 5.50. The van der Waals surface area contributed by atoms with Gasteiger partial charge in [-0.05, 0) is 57.8 Å². The van der Waals surface area contributed by atoms with Crippen LogP contribution in [-0.2, 0) is 14.3 Å². The van der Waals surface area contributed by atoms with Crippen molar-refractivity contribution < 1.29 is 24.5 Å². The van der Waals surface area contributed by atoms with E-state index in [9.17, 15) is 19.8 Å². The van der Waals surface area contributed by atoms with E-state index in [1.807, 2.05) is 0 Å². The number of carbonyl (C=O) groups excluding carboxylic acids is 2. The van der Waals surface area contributed by atoms with E-state index in [1.165, 1.54) is 289 Å². The Balaban J connectivity index is 3.37. The molecule has 6 nitrogen and oxygen atoms in total. The van der Waals surface area contributed by atoms with Gasteiger partial charge in [-0.1, -0.05) is 327 Å². The lowest BCUT2D eigenvalue weighted by Crippen LogP contribution is -2.45. The maximum atomic E-state index is 12.5. The summed E-state index contributed by atoms with van der Waals surface area (Å²) in [7, 11) is 0. The molecule has 0 aliphatic heterocycles. The number of nitrogens with one attached hydrogen (secondary N) is 1. The molecule has 0 aromatic rings. The minimum Gasteiger partial charge on any atom is -0.466 e. The molecule has 6 heteroatoms. The summed E-state index contributed by atoms with van der Waals surface area (Å²) in [5, 5.41) is 23.4. The van der Waals surface area contributed by atoms with Crippen molar-refractivity contribution in [1.82, 2.24) is 5.32 Å². The lowest BCUT2D eigenvalue weighted by atomic mass is 10.0. The number of ether oxygens (including phenoxy) is 1. The van der Waals surface area contributed by atoms with E-state index in [0.29, 0.717) is 25.9 Å². The van der Waals surface area contributed by atoms with Crippen molar-refractivity contribution in [3.63, 3.8) is 0 Å². The fraction of sp³-hybridized carbons (Fsp3) is 0.912. The zero-order chi connectivity index (χ0) is 53.6. The van der Waals surface area contributed by atoms with Crippen LogP contribution in [0.15, 0.2) is 24.3 Å². The van der Waals surface area contributed by atoms with Crippen LogP contribution in [0.25, 0.3) is 0 Å². The molecule has 0 rings (SSSR count). The maximum absolute atomic E-state index is 12.5. The highest BCUT2D eigenvalue weighted by Crippen LogP contribution is 2.19. The molecular formula is C68H131NO5. The molecule has 438 valence electrons. The second-order valence-corrected chi connectivity index (χ2v) is 23.2. The predicted molar refractivity (Wildman–Crippen MR) is 324 cm³/mol. The van der Waals surface area contributed by atoms with Gasteiger partial charge in [0.15, 0.2) is 0 Å². The average Bonchev–Trinajstić information content (AvgIpc) is 3.40. The molecule has 74 heavy (non-hydrogen) atoms. The molecule has 0 aromatic heterocycles. The first-order valence-corrected chi connectivity index (χ1v) is 33.6. The monoisotopic (exact) mass is 1040 g/mol. The van der Waals surface area contributed by atoms with Crippen molar-refractivity contribution in [2.45, 2.75) is 386 Å². The van der Waals surface area contributed by atoms with E-state index in [4.69, 9.17) is 4.74 Å². The Morgan fingerprint density at radius 1 is 0.378 bits per heavy atom. The van der Waals surface area contributed by atoms with Gasteiger partial charge < -0.3 is 20.3 Å². The van der Waals surface area contributed by atoms with Gasteiger partial charge in [-0.15, -0.1) is 0 Å². The van der Waals surface area contributed by atoms with Crippen LogP contribution in [0.4, 0.5) is 0 Å². The second kappa shape index (κ2) is 63.9. The van der Waals surface area contributed by atoms with Gasteiger partial charge in [-0.3, -0.25) is 9.59 Å². The third-order valence-corrected chi connectivity index (χ3v) is 15.8. The number of esters is 1. The van der Waals surface area contributed by atoms with E-state index >= 15 is 0 Å². The fourth-order valence-corrected chi connectivity index (χ4v) is 10.6. The van der Waals surface area contributed by atoms with Gasteiger partial charge in [0.2, 0.25) is 5.91 Å². The second-order valence-electron chi connectivity index (χ2n) is 23.2. The number of unbranched alkanes of at least 4 members (excludes halogenated alkanes) is 48. The summed E-state index contributed by atoms with van der Waals surface area (Å²) in [6.45, 7) is 4.96. The van der Waals surface area contributed by atoms with E-state index in [2.05, 4.69) is 43.5 Å². The number of hydrogen-bond acceptors (Lipinski definition) is 5. The van der Waals surface area contributed by atoms with Crippen LogP contribution < -0.4 is 5.32 Å². The van der Waals surface area contributed by atoms with Crippen LogP contribution in [0, 0.1) is 0 Å². The Morgan fingerprint density at radius 2 is 0.676 bits per heavy atom. The van der Waals surface area contributed by atoms with Gasteiger partial charge in [0, 0.05) is 12.8 Å². The predicted octanol–water partition coefficient (Wildman–Crippen LogP) is 21.4. The molecule has 0 saturated heterocycles. The highest BCUT2D eigenvalue weighted by molar-refractivity contribution is 5.76. The minimum absolute atomic E-state index is 0.00672. The summed E-state index contributed by atoms with van der Waals surface area (Å²) in [5.74, 6) is -0.0254. The van der Waals surface area contributed by atoms with Crippen molar-refractivity contribution in [2.75, 3.05) is 13.2 Å². The van der Waals surface area contributed by atoms with E-state index in [0.717, 1.165) is 51.4 Å². The van der Waals surface area contributed by atoms with Crippen LogP contribution in [-0.4, -0.2) is 47.4 Å². The van der Waals surface area contributed by atoms with Crippen LogP contribution in [0.5, 0.6) is 0 Å². The number of allylic oxidation sites excluding steroid dienone is 4. The zero-order valence-electron chi connectivity index (χ0n) is 50.1. The molecule has 2 atom stereocenters. The third kappa shape index (κ3) is 59.6. The lowest BCUT2D eigenvalue weighted by Gasteiger charge is -2.22. The molecule has 0 aliphatic carbocycles. The van der Waals surface area contributed by atoms with Crippen LogP contribution in [0.1, 0.15) is 373 Å². The Labute approximate surface area is 462 Å². The zero-order valence-corrected chi connectivity index (χ0v) is 50.1. The molecule has 0 heterocycles. The molecule has 0 saturated carbocycles. The number of hydrogen-bond donors (Lipinski definition) is 3. The van der Waals surface area contributed by atoms with Crippen molar-refractivity contribution in [1.29, 1.82) is 0 Å². The summed E-state index contributed by atoms with van der Waals surface area (Å²) >= 11 is 0. The smallest absolute Gasteiger partial charge is 0.305 e. The standard InChI is InChI=1S/C68H131NO5/c1-3-5-7-9-11-13-15-17-19-21-30-34-38-42-46-50-54-58-62-68(73)74-63-59-55-51-47-43-39-35-31-27-25-23-22-24-26-29-33-37-41-45-49-53-57-61-67(72)69-65(64-70)66(71)60-56-52-48-44-40-36-32-28-20-18-16-14-12-10-8-6-4-2/h13,15,19,21,65-66,70-71H,3-12,14,16-18,20,22-64H2,1-2H3,(H,69,72)/b15-13-,21-19-. The first kappa shape index (κ1) is 72.3. The normalized spacial score (nSPS) is 12.6. The minimum atomic E-state index is -0.665. The Bertz CT molecular complexity index is 1150. The molecule has 0 radical (unpaired) electrons. The molecule has 0 aliphatic rings. The van der Waals surface area contributed by atoms with E-state index in [-0.39, 0.29) is 18.5 Å².